The Balaban J connectivity index is 2.14. The first kappa shape index (κ1) is 10.6. The molecule has 0 spiro atoms. The summed E-state index contributed by atoms with van der Waals surface area (Å²) in [5.74, 6) is -2.17. The number of halogens is 2. The number of benzene rings is 1. The molecule has 0 bridgehead atoms. The van der Waals surface area contributed by atoms with Crippen LogP contribution < -0.4 is 5.73 Å². The van der Waals surface area contributed by atoms with E-state index in [1.54, 1.807) is 0 Å². The topological polar surface area (TPSA) is 26.0 Å². The Morgan fingerprint density at radius 3 is 2.27 bits per heavy atom. The van der Waals surface area contributed by atoms with Crippen LogP contribution in [-0.4, -0.2) is 6.54 Å². The predicted molar refractivity (Wildman–Crippen MR) is 56.0 cm³/mol. The molecule has 1 nitrogen and oxygen atoms in total. The monoisotopic (exact) mass is 211 g/mol. The number of hydrogen-bond donors (Lipinski definition) is 1. The fourth-order valence-electron chi connectivity index (χ4n) is 1.74. The molecule has 0 amide bonds. The van der Waals surface area contributed by atoms with Crippen LogP contribution in [0.25, 0.3) is 0 Å². The van der Waals surface area contributed by atoms with Gasteiger partial charge in [-0.05, 0) is 30.9 Å². The van der Waals surface area contributed by atoms with Gasteiger partial charge in [-0.25, -0.2) is 8.78 Å². The molecule has 1 aromatic rings. The number of alkyl halides is 2. The van der Waals surface area contributed by atoms with Crippen molar-refractivity contribution in [2.24, 2.45) is 5.73 Å². The highest BCUT2D eigenvalue weighted by molar-refractivity contribution is 5.30. The van der Waals surface area contributed by atoms with Crippen molar-refractivity contribution in [1.82, 2.24) is 0 Å². The summed E-state index contributed by atoms with van der Waals surface area (Å²) in [4.78, 5) is 0. The lowest BCUT2D eigenvalue weighted by atomic mass is 10.0. The van der Waals surface area contributed by atoms with E-state index in [-0.39, 0.29) is 18.5 Å². The van der Waals surface area contributed by atoms with Gasteiger partial charge in [-0.3, -0.25) is 0 Å². The van der Waals surface area contributed by atoms with E-state index in [1.165, 1.54) is 30.5 Å². The van der Waals surface area contributed by atoms with Crippen molar-refractivity contribution >= 4 is 0 Å². The fraction of sp³-hybridized carbons (Fsp3) is 0.500. The molecule has 0 heterocycles. The first-order valence-corrected chi connectivity index (χ1v) is 5.32. The van der Waals surface area contributed by atoms with Gasteiger partial charge in [0.15, 0.2) is 0 Å². The Labute approximate surface area is 88.3 Å². The molecule has 3 heteroatoms. The van der Waals surface area contributed by atoms with Crippen LogP contribution in [0, 0.1) is 0 Å². The smallest absolute Gasteiger partial charge is 0.274 e. The van der Waals surface area contributed by atoms with E-state index in [4.69, 9.17) is 5.73 Å². The van der Waals surface area contributed by atoms with Gasteiger partial charge in [0.1, 0.15) is 0 Å². The highest BCUT2D eigenvalue weighted by Crippen LogP contribution is 2.41. The van der Waals surface area contributed by atoms with E-state index in [0.717, 1.165) is 0 Å². The third kappa shape index (κ3) is 2.34. The van der Waals surface area contributed by atoms with Gasteiger partial charge in [-0.2, -0.15) is 0 Å². The highest BCUT2D eigenvalue weighted by Gasteiger charge is 2.31. The van der Waals surface area contributed by atoms with Crippen LogP contribution in [0.1, 0.15) is 36.3 Å². The minimum atomic E-state index is -2.78. The van der Waals surface area contributed by atoms with Crippen LogP contribution >= 0.6 is 0 Å². The van der Waals surface area contributed by atoms with Crippen LogP contribution in [0.3, 0.4) is 0 Å². The number of rotatable bonds is 4. The van der Waals surface area contributed by atoms with Gasteiger partial charge in [-0.1, -0.05) is 24.3 Å². The lowest BCUT2D eigenvalue weighted by molar-refractivity contribution is -0.0107. The van der Waals surface area contributed by atoms with Crippen LogP contribution in [0.15, 0.2) is 24.3 Å². The zero-order valence-corrected chi connectivity index (χ0v) is 8.55. The highest BCUT2D eigenvalue weighted by atomic mass is 19.3. The average Bonchev–Trinajstić information content (AvgIpc) is 3.01. The molecule has 1 fully saturated rings. The standard InChI is InChI=1S/C12H15F2N/c13-12(14,7-8-15)11-5-3-10(4-6-11)9-1-2-9/h3-6,9H,1-2,7-8,15H2. The van der Waals surface area contributed by atoms with Crippen LogP contribution in [0.5, 0.6) is 0 Å². The van der Waals surface area contributed by atoms with Gasteiger partial charge in [-0.15, -0.1) is 0 Å². The Hall–Kier alpha value is -0.960. The maximum absolute atomic E-state index is 13.4. The Kier molecular flexibility index (Phi) is 2.74. The minimum Gasteiger partial charge on any atom is -0.330 e. The van der Waals surface area contributed by atoms with Crippen molar-refractivity contribution in [3.63, 3.8) is 0 Å². The molecule has 0 saturated heterocycles. The first-order valence-electron chi connectivity index (χ1n) is 5.32. The van der Waals surface area contributed by atoms with Crippen LogP contribution in [0.2, 0.25) is 0 Å². The maximum Gasteiger partial charge on any atom is 0.274 e. The van der Waals surface area contributed by atoms with Crippen molar-refractivity contribution in [2.45, 2.75) is 31.1 Å². The van der Waals surface area contributed by atoms with E-state index in [0.29, 0.717) is 5.92 Å². The van der Waals surface area contributed by atoms with Crippen molar-refractivity contribution < 1.29 is 8.78 Å². The second-order valence-electron chi connectivity index (χ2n) is 4.14. The first-order chi connectivity index (χ1) is 7.13. The predicted octanol–water partition coefficient (Wildman–Crippen LogP) is 3.00. The van der Waals surface area contributed by atoms with Gasteiger partial charge in [0.2, 0.25) is 0 Å². The quantitative estimate of drug-likeness (QED) is 0.814. The van der Waals surface area contributed by atoms with E-state index < -0.39 is 5.92 Å². The zero-order valence-electron chi connectivity index (χ0n) is 8.55. The van der Waals surface area contributed by atoms with Gasteiger partial charge in [0, 0.05) is 12.0 Å². The average molecular weight is 211 g/mol. The second-order valence-corrected chi connectivity index (χ2v) is 4.14. The summed E-state index contributed by atoms with van der Waals surface area (Å²) in [5, 5.41) is 0. The molecular formula is C12H15F2N. The molecule has 0 unspecified atom stereocenters. The van der Waals surface area contributed by atoms with Crippen LogP contribution in [-0.2, 0) is 5.92 Å². The molecular weight excluding hydrogens is 196 g/mol. The third-order valence-electron chi connectivity index (χ3n) is 2.84. The van der Waals surface area contributed by atoms with Gasteiger partial charge in [0.25, 0.3) is 5.92 Å². The van der Waals surface area contributed by atoms with Crippen molar-refractivity contribution in [3.05, 3.63) is 35.4 Å². The zero-order chi connectivity index (χ0) is 10.9. The largest absolute Gasteiger partial charge is 0.330 e. The summed E-state index contributed by atoms with van der Waals surface area (Å²) in [5.41, 5.74) is 6.42. The van der Waals surface area contributed by atoms with Crippen molar-refractivity contribution in [2.75, 3.05) is 6.54 Å². The summed E-state index contributed by atoms with van der Waals surface area (Å²) < 4.78 is 26.8. The summed E-state index contributed by atoms with van der Waals surface area (Å²) >= 11 is 0. The molecule has 1 aliphatic rings. The summed E-state index contributed by atoms with van der Waals surface area (Å²) in [6, 6.07) is 6.70. The van der Waals surface area contributed by atoms with E-state index in [1.807, 2.05) is 12.1 Å². The molecule has 1 aliphatic carbocycles. The maximum atomic E-state index is 13.4. The van der Waals surface area contributed by atoms with Crippen LogP contribution in [0.4, 0.5) is 8.78 Å². The number of nitrogens with two attached hydrogens (primary N) is 1. The molecule has 0 aromatic heterocycles. The third-order valence-corrected chi connectivity index (χ3v) is 2.84. The number of hydrogen-bond acceptors (Lipinski definition) is 1. The lowest BCUT2D eigenvalue weighted by Crippen LogP contribution is -2.18. The van der Waals surface area contributed by atoms with Crippen molar-refractivity contribution in [1.29, 1.82) is 0 Å². The molecule has 0 atom stereocenters. The molecule has 15 heavy (non-hydrogen) atoms. The minimum absolute atomic E-state index is 0.0113. The molecule has 82 valence electrons. The summed E-state index contributed by atoms with van der Waals surface area (Å²) in [6.07, 6.45) is 2.10. The van der Waals surface area contributed by atoms with Gasteiger partial charge in [0.05, 0.1) is 0 Å². The molecule has 1 saturated carbocycles. The fourth-order valence-corrected chi connectivity index (χ4v) is 1.74. The SMILES string of the molecule is NCCC(F)(F)c1ccc(C2CC2)cc1. The molecule has 2 N–H and O–H groups in total. The summed E-state index contributed by atoms with van der Waals surface area (Å²) in [7, 11) is 0. The summed E-state index contributed by atoms with van der Waals surface area (Å²) in [6.45, 7) is 0.0113. The Morgan fingerprint density at radius 2 is 1.80 bits per heavy atom. The van der Waals surface area contributed by atoms with E-state index in [2.05, 4.69) is 0 Å². The van der Waals surface area contributed by atoms with Crippen molar-refractivity contribution in [3.8, 4) is 0 Å². The Bertz CT molecular complexity index is 328. The molecule has 1 aromatic carbocycles. The van der Waals surface area contributed by atoms with Gasteiger partial charge >= 0.3 is 0 Å². The molecule has 2 rings (SSSR count). The van der Waals surface area contributed by atoms with E-state index >= 15 is 0 Å². The Morgan fingerprint density at radius 1 is 1.20 bits per heavy atom. The lowest BCUT2D eigenvalue weighted by Gasteiger charge is -2.15. The molecule has 0 aliphatic heterocycles. The molecule has 0 radical (unpaired) electrons. The van der Waals surface area contributed by atoms with Gasteiger partial charge < -0.3 is 5.73 Å². The van der Waals surface area contributed by atoms with E-state index in [9.17, 15) is 8.78 Å². The second kappa shape index (κ2) is 3.89. The normalized spacial score (nSPS) is 16.7.